The first-order valence-corrected chi connectivity index (χ1v) is 2.44. The van der Waals surface area contributed by atoms with Crippen molar-refractivity contribution >= 4 is 12.9 Å². The van der Waals surface area contributed by atoms with Crippen molar-refractivity contribution in [2.45, 2.75) is 6.10 Å². The molecule has 0 saturated heterocycles. The lowest BCUT2D eigenvalue weighted by Crippen LogP contribution is -2.21. The van der Waals surface area contributed by atoms with Gasteiger partial charge in [0.1, 0.15) is 6.10 Å². The SMILES string of the molecule is NOCC(O)COS. The third-order valence-electron chi connectivity index (χ3n) is 0.556. The van der Waals surface area contributed by atoms with Crippen LogP contribution in [-0.4, -0.2) is 24.4 Å². The van der Waals surface area contributed by atoms with Crippen LogP contribution in [0, 0.1) is 0 Å². The van der Waals surface area contributed by atoms with Gasteiger partial charge in [-0.05, 0) is 12.9 Å². The Bertz CT molecular complexity index is 47.8. The number of hydrogen-bond donors (Lipinski definition) is 3. The lowest BCUT2D eigenvalue weighted by atomic mass is 10.4. The predicted molar refractivity (Wildman–Crippen MR) is 31.1 cm³/mol. The highest BCUT2D eigenvalue weighted by Crippen LogP contribution is 1.85. The van der Waals surface area contributed by atoms with E-state index in [-0.39, 0.29) is 13.2 Å². The van der Waals surface area contributed by atoms with E-state index in [1.165, 1.54) is 0 Å². The number of hydrogen-bond acceptors (Lipinski definition) is 5. The summed E-state index contributed by atoms with van der Waals surface area (Å²) in [5, 5.41) is 8.67. The molecule has 0 aliphatic carbocycles. The van der Waals surface area contributed by atoms with Gasteiger partial charge >= 0.3 is 0 Å². The normalized spacial score (nSPS) is 13.9. The van der Waals surface area contributed by atoms with E-state index in [4.69, 9.17) is 5.11 Å². The fourth-order valence-corrected chi connectivity index (χ4v) is 0.417. The van der Waals surface area contributed by atoms with Gasteiger partial charge in [0.05, 0.1) is 13.2 Å². The number of nitrogens with two attached hydrogens (primary N) is 1. The minimum Gasteiger partial charge on any atom is -0.388 e. The zero-order valence-electron chi connectivity index (χ0n) is 4.28. The molecular weight excluding hydrogens is 130 g/mol. The second-order valence-electron chi connectivity index (χ2n) is 1.28. The van der Waals surface area contributed by atoms with Gasteiger partial charge in [-0.3, -0.25) is 0 Å². The molecule has 0 aliphatic heterocycles. The van der Waals surface area contributed by atoms with Crippen LogP contribution >= 0.6 is 12.9 Å². The van der Waals surface area contributed by atoms with Crippen molar-refractivity contribution in [2.24, 2.45) is 5.90 Å². The molecule has 0 saturated carbocycles. The van der Waals surface area contributed by atoms with E-state index in [1.54, 1.807) is 0 Å². The van der Waals surface area contributed by atoms with Crippen LogP contribution in [0.2, 0.25) is 0 Å². The lowest BCUT2D eigenvalue weighted by Gasteiger charge is -2.04. The molecule has 0 aliphatic rings. The van der Waals surface area contributed by atoms with Gasteiger partial charge in [0.15, 0.2) is 0 Å². The molecule has 8 heavy (non-hydrogen) atoms. The fraction of sp³-hybridized carbons (Fsp3) is 1.00. The van der Waals surface area contributed by atoms with Crippen LogP contribution in [0.4, 0.5) is 0 Å². The molecule has 0 spiro atoms. The molecule has 1 unspecified atom stereocenters. The maximum absolute atomic E-state index is 8.67. The highest BCUT2D eigenvalue weighted by molar-refractivity contribution is 7.75. The van der Waals surface area contributed by atoms with Gasteiger partial charge in [-0.15, -0.1) is 0 Å². The Morgan fingerprint density at radius 1 is 1.62 bits per heavy atom. The molecule has 50 valence electrons. The number of rotatable bonds is 4. The largest absolute Gasteiger partial charge is 0.388 e. The van der Waals surface area contributed by atoms with Crippen molar-refractivity contribution in [3.8, 4) is 0 Å². The van der Waals surface area contributed by atoms with Crippen molar-refractivity contribution in [1.29, 1.82) is 0 Å². The van der Waals surface area contributed by atoms with Crippen molar-refractivity contribution in [3.63, 3.8) is 0 Å². The van der Waals surface area contributed by atoms with Crippen molar-refractivity contribution in [2.75, 3.05) is 13.2 Å². The first kappa shape index (κ1) is 8.19. The number of aliphatic hydroxyl groups is 1. The van der Waals surface area contributed by atoms with Crippen molar-refractivity contribution in [1.82, 2.24) is 0 Å². The van der Waals surface area contributed by atoms with Crippen LogP contribution in [0.25, 0.3) is 0 Å². The molecule has 0 rings (SSSR count). The Kier molecular flexibility index (Phi) is 5.46. The molecule has 0 radical (unpaired) electrons. The maximum Gasteiger partial charge on any atom is 0.104 e. The highest BCUT2D eigenvalue weighted by atomic mass is 32.1. The van der Waals surface area contributed by atoms with Crippen LogP contribution in [0.1, 0.15) is 0 Å². The summed E-state index contributed by atoms with van der Waals surface area (Å²) >= 11 is 3.40. The van der Waals surface area contributed by atoms with Gasteiger partial charge in [0, 0.05) is 0 Å². The van der Waals surface area contributed by atoms with E-state index in [2.05, 4.69) is 27.8 Å². The molecular formula is C3H9NO3S. The van der Waals surface area contributed by atoms with Crippen LogP contribution in [-0.2, 0) is 9.02 Å². The summed E-state index contributed by atoms with van der Waals surface area (Å²) in [7, 11) is 0. The third kappa shape index (κ3) is 4.35. The molecule has 0 amide bonds. The Morgan fingerprint density at radius 2 is 2.25 bits per heavy atom. The van der Waals surface area contributed by atoms with Gasteiger partial charge in [0.25, 0.3) is 0 Å². The smallest absolute Gasteiger partial charge is 0.104 e. The summed E-state index contributed by atoms with van der Waals surface area (Å²) in [5.74, 6) is 4.62. The van der Waals surface area contributed by atoms with E-state index in [0.717, 1.165) is 0 Å². The second-order valence-corrected chi connectivity index (χ2v) is 1.54. The quantitative estimate of drug-likeness (QED) is 0.268. The maximum atomic E-state index is 8.67. The molecule has 0 aromatic heterocycles. The molecule has 5 heteroatoms. The lowest BCUT2D eigenvalue weighted by molar-refractivity contribution is 0.0161. The molecule has 0 aromatic carbocycles. The van der Waals surface area contributed by atoms with Crippen molar-refractivity contribution < 1.29 is 14.1 Å². The summed E-state index contributed by atoms with van der Waals surface area (Å²) in [6.07, 6.45) is -0.683. The van der Waals surface area contributed by atoms with E-state index < -0.39 is 6.10 Å². The first-order chi connectivity index (χ1) is 3.81. The van der Waals surface area contributed by atoms with E-state index in [9.17, 15) is 0 Å². The average molecular weight is 139 g/mol. The van der Waals surface area contributed by atoms with Crippen LogP contribution in [0.5, 0.6) is 0 Å². The third-order valence-corrected chi connectivity index (χ3v) is 0.705. The van der Waals surface area contributed by atoms with Crippen molar-refractivity contribution in [3.05, 3.63) is 0 Å². The molecule has 3 N–H and O–H groups in total. The molecule has 0 bridgehead atoms. The van der Waals surface area contributed by atoms with E-state index >= 15 is 0 Å². The van der Waals surface area contributed by atoms with Gasteiger partial charge in [-0.1, -0.05) is 0 Å². The molecule has 0 aromatic rings. The van der Waals surface area contributed by atoms with E-state index in [1.807, 2.05) is 0 Å². The van der Waals surface area contributed by atoms with Crippen LogP contribution in [0.3, 0.4) is 0 Å². The van der Waals surface area contributed by atoms with Crippen LogP contribution in [0.15, 0.2) is 0 Å². The summed E-state index contributed by atoms with van der Waals surface area (Å²) < 4.78 is 4.27. The van der Waals surface area contributed by atoms with E-state index in [0.29, 0.717) is 0 Å². The van der Waals surface area contributed by atoms with Crippen LogP contribution < -0.4 is 5.90 Å². The zero-order chi connectivity index (χ0) is 6.41. The zero-order valence-corrected chi connectivity index (χ0v) is 5.17. The Labute approximate surface area is 53.1 Å². The highest BCUT2D eigenvalue weighted by Gasteiger charge is 2.00. The minimum atomic E-state index is -0.683. The minimum absolute atomic E-state index is 0.0700. The summed E-state index contributed by atoms with van der Waals surface area (Å²) in [6.45, 7) is 0.195. The molecule has 4 nitrogen and oxygen atoms in total. The Balaban J connectivity index is 2.92. The monoisotopic (exact) mass is 139 g/mol. The fourth-order valence-electron chi connectivity index (χ4n) is 0.245. The number of aliphatic hydroxyl groups excluding tert-OH is 1. The Morgan fingerprint density at radius 3 is 2.62 bits per heavy atom. The summed E-state index contributed by atoms with van der Waals surface area (Å²) in [6, 6.07) is 0. The molecule has 0 fully saturated rings. The molecule has 0 heterocycles. The first-order valence-electron chi connectivity index (χ1n) is 2.07. The molecule has 1 atom stereocenters. The van der Waals surface area contributed by atoms with Gasteiger partial charge in [0.2, 0.25) is 0 Å². The van der Waals surface area contributed by atoms with Gasteiger partial charge in [-0.2, -0.15) is 0 Å². The summed E-state index contributed by atoms with van der Waals surface area (Å²) in [4.78, 5) is 4.09. The average Bonchev–Trinajstić information content (AvgIpc) is 1.68. The Hall–Kier alpha value is 0.190. The predicted octanol–water partition coefficient (Wildman–Crippen LogP) is -0.901. The number of thiol groups is 1. The van der Waals surface area contributed by atoms with Gasteiger partial charge < -0.3 is 14.1 Å². The summed E-state index contributed by atoms with van der Waals surface area (Å²) in [5.41, 5.74) is 0. The van der Waals surface area contributed by atoms with Gasteiger partial charge in [-0.25, -0.2) is 5.90 Å². The topological polar surface area (TPSA) is 64.7 Å². The standard InChI is InChI=1S/C3H9NO3S/c4-6-1-3(5)2-7-8/h3,5,8H,1-2,4H2. The second kappa shape index (κ2) is 5.33.